The van der Waals surface area contributed by atoms with E-state index in [0.717, 1.165) is 12.3 Å². The molecule has 0 saturated heterocycles. The van der Waals surface area contributed by atoms with E-state index in [1.165, 1.54) is 19.3 Å². The van der Waals surface area contributed by atoms with Crippen molar-refractivity contribution in [3.63, 3.8) is 0 Å². The molecule has 1 fully saturated rings. The van der Waals surface area contributed by atoms with Crippen LogP contribution in [0.1, 0.15) is 25.7 Å². The highest BCUT2D eigenvalue weighted by Gasteiger charge is 2.19. The van der Waals surface area contributed by atoms with Gasteiger partial charge in [-0.15, -0.1) is 11.5 Å². The minimum Gasteiger partial charge on any atom is -0.132 e. The van der Waals surface area contributed by atoms with Crippen molar-refractivity contribution in [2.75, 3.05) is 0 Å². The first-order valence-electron chi connectivity index (χ1n) is 4.58. The maximum absolute atomic E-state index is 3.39. The predicted molar refractivity (Wildman–Crippen MR) is 53.1 cm³/mol. The van der Waals surface area contributed by atoms with Gasteiger partial charge >= 0.3 is 0 Å². The number of rotatable bonds is 2. The molecule has 1 rings (SSSR count). The van der Waals surface area contributed by atoms with E-state index < -0.39 is 8.07 Å². The van der Waals surface area contributed by atoms with Gasteiger partial charge in [-0.05, 0) is 12.3 Å². The van der Waals surface area contributed by atoms with Gasteiger partial charge in [0.1, 0.15) is 8.07 Å². The lowest BCUT2D eigenvalue weighted by Gasteiger charge is -2.02. The van der Waals surface area contributed by atoms with E-state index in [1.807, 2.05) is 0 Å². The Hall–Kier alpha value is -0.223. The molecule has 0 bridgehead atoms. The summed E-state index contributed by atoms with van der Waals surface area (Å²) in [5.41, 5.74) is 3.39. The van der Waals surface area contributed by atoms with Crippen molar-refractivity contribution < 1.29 is 0 Å². The lowest BCUT2D eigenvalue weighted by Crippen LogP contribution is -2.16. The molecule has 0 aliphatic heterocycles. The van der Waals surface area contributed by atoms with Crippen LogP contribution in [0.25, 0.3) is 0 Å². The molecule has 0 aromatic heterocycles. The summed E-state index contributed by atoms with van der Waals surface area (Å²) in [6.07, 6.45) is 5.44. The van der Waals surface area contributed by atoms with E-state index in [4.69, 9.17) is 0 Å². The summed E-state index contributed by atoms with van der Waals surface area (Å²) in [5.74, 6) is 4.36. The standard InChI is InChI=1S/C10H18Si/c1-11(2,3)9-5-4-6-10-7-8-10/h10H,4,6-8H2,1-3H3. The zero-order valence-electron chi connectivity index (χ0n) is 7.91. The molecule has 0 atom stereocenters. The Morgan fingerprint density at radius 1 is 1.27 bits per heavy atom. The summed E-state index contributed by atoms with van der Waals surface area (Å²) in [4.78, 5) is 0. The Morgan fingerprint density at radius 2 is 1.91 bits per heavy atom. The Kier molecular flexibility index (Phi) is 2.78. The van der Waals surface area contributed by atoms with Crippen LogP contribution < -0.4 is 0 Å². The normalized spacial score (nSPS) is 17.4. The first-order valence-corrected chi connectivity index (χ1v) is 8.08. The maximum atomic E-state index is 3.39. The molecule has 0 nitrogen and oxygen atoms in total. The first kappa shape index (κ1) is 8.87. The van der Waals surface area contributed by atoms with E-state index >= 15 is 0 Å². The zero-order chi connectivity index (χ0) is 8.32. The van der Waals surface area contributed by atoms with E-state index in [-0.39, 0.29) is 0 Å². The lowest BCUT2D eigenvalue weighted by molar-refractivity contribution is 0.752. The van der Waals surface area contributed by atoms with Crippen molar-refractivity contribution in [1.82, 2.24) is 0 Å². The van der Waals surface area contributed by atoms with Crippen molar-refractivity contribution >= 4 is 8.07 Å². The van der Waals surface area contributed by atoms with E-state index in [1.54, 1.807) is 0 Å². The van der Waals surface area contributed by atoms with E-state index in [2.05, 4.69) is 31.1 Å². The van der Waals surface area contributed by atoms with Crippen LogP contribution in [-0.2, 0) is 0 Å². The quantitative estimate of drug-likeness (QED) is 0.437. The third-order valence-electron chi connectivity index (χ3n) is 1.84. The van der Waals surface area contributed by atoms with Crippen LogP contribution >= 0.6 is 0 Å². The minimum atomic E-state index is -1.07. The molecule has 0 spiro atoms. The molecule has 0 aromatic rings. The highest BCUT2D eigenvalue weighted by molar-refractivity contribution is 6.83. The minimum absolute atomic E-state index is 1.05. The summed E-state index contributed by atoms with van der Waals surface area (Å²) in [6, 6.07) is 0. The van der Waals surface area contributed by atoms with Gasteiger partial charge in [0.15, 0.2) is 0 Å². The first-order chi connectivity index (χ1) is 5.08. The van der Waals surface area contributed by atoms with Gasteiger partial charge in [0, 0.05) is 6.42 Å². The molecule has 62 valence electrons. The molecule has 1 heteroatoms. The van der Waals surface area contributed by atoms with Gasteiger partial charge in [0.05, 0.1) is 0 Å². The Bertz CT molecular complexity index is 173. The van der Waals surface area contributed by atoms with Crippen LogP contribution in [0.15, 0.2) is 0 Å². The van der Waals surface area contributed by atoms with Crippen LogP contribution in [0.2, 0.25) is 19.6 Å². The number of hydrogen-bond acceptors (Lipinski definition) is 0. The van der Waals surface area contributed by atoms with E-state index in [0.29, 0.717) is 0 Å². The molecule has 1 saturated carbocycles. The largest absolute Gasteiger partial charge is 0.132 e. The summed E-state index contributed by atoms with van der Waals surface area (Å²) in [6.45, 7) is 6.91. The lowest BCUT2D eigenvalue weighted by atomic mass is 10.2. The topological polar surface area (TPSA) is 0 Å². The molecule has 0 unspecified atom stereocenters. The molecular weight excluding hydrogens is 148 g/mol. The fraction of sp³-hybridized carbons (Fsp3) is 0.800. The third kappa shape index (κ3) is 5.09. The Morgan fingerprint density at radius 3 is 2.36 bits per heavy atom. The summed E-state index contributed by atoms with van der Waals surface area (Å²) >= 11 is 0. The van der Waals surface area contributed by atoms with Gasteiger partial charge in [0.2, 0.25) is 0 Å². The van der Waals surface area contributed by atoms with Crippen molar-refractivity contribution in [3.05, 3.63) is 0 Å². The van der Waals surface area contributed by atoms with Gasteiger partial charge in [0.25, 0.3) is 0 Å². The smallest absolute Gasteiger partial charge is 0.129 e. The average Bonchev–Trinajstić information content (AvgIpc) is 2.60. The Balaban J connectivity index is 2.11. The maximum Gasteiger partial charge on any atom is 0.129 e. The van der Waals surface area contributed by atoms with Crippen LogP contribution in [0.5, 0.6) is 0 Å². The fourth-order valence-electron chi connectivity index (χ4n) is 1.01. The van der Waals surface area contributed by atoms with Gasteiger partial charge in [-0.25, -0.2) is 0 Å². The molecule has 1 aliphatic rings. The van der Waals surface area contributed by atoms with Gasteiger partial charge in [-0.3, -0.25) is 0 Å². The summed E-state index contributed by atoms with van der Waals surface area (Å²) in [7, 11) is -1.07. The van der Waals surface area contributed by atoms with Gasteiger partial charge in [-0.1, -0.05) is 32.5 Å². The van der Waals surface area contributed by atoms with Crippen LogP contribution in [0, 0.1) is 17.4 Å². The molecule has 1 aliphatic carbocycles. The van der Waals surface area contributed by atoms with Crippen molar-refractivity contribution in [2.45, 2.75) is 45.3 Å². The highest BCUT2D eigenvalue weighted by atomic mass is 28.3. The molecule has 0 amide bonds. The van der Waals surface area contributed by atoms with Crippen LogP contribution in [-0.4, -0.2) is 8.07 Å². The van der Waals surface area contributed by atoms with Crippen LogP contribution in [0.4, 0.5) is 0 Å². The molecule has 0 aromatic carbocycles. The van der Waals surface area contributed by atoms with Crippen molar-refractivity contribution in [3.8, 4) is 11.5 Å². The number of hydrogen-bond donors (Lipinski definition) is 0. The second-order valence-electron chi connectivity index (χ2n) is 4.53. The molecule has 0 radical (unpaired) electrons. The van der Waals surface area contributed by atoms with Crippen LogP contribution in [0.3, 0.4) is 0 Å². The van der Waals surface area contributed by atoms with Gasteiger partial charge < -0.3 is 0 Å². The van der Waals surface area contributed by atoms with Gasteiger partial charge in [-0.2, -0.15) is 0 Å². The van der Waals surface area contributed by atoms with E-state index in [9.17, 15) is 0 Å². The second-order valence-corrected chi connectivity index (χ2v) is 9.28. The molecular formula is C10H18Si. The predicted octanol–water partition coefficient (Wildman–Crippen LogP) is 3.06. The third-order valence-corrected chi connectivity index (χ3v) is 2.76. The molecule has 0 N–H and O–H groups in total. The van der Waals surface area contributed by atoms with Crippen molar-refractivity contribution in [1.29, 1.82) is 0 Å². The molecule has 0 heterocycles. The monoisotopic (exact) mass is 166 g/mol. The SMILES string of the molecule is C[Si](C)(C)C#CCCC1CC1. The van der Waals surface area contributed by atoms with Crippen molar-refractivity contribution in [2.24, 2.45) is 5.92 Å². The average molecular weight is 166 g/mol. The summed E-state index contributed by atoms with van der Waals surface area (Å²) in [5, 5.41) is 0. The molecule has 11 heavy (non-hydrogen) atoms. The summed E-state index contributed by atoms with van der Waals surface area (Å²) < 4.78 is 0. The zero-order valence-corrected chi connectivity index (χ0v) is 8.91. The highest BCUT2D eigenvalue weighted by Crippen LogP contribution is 2.33. The fourth-order valence-corrected chi connectivity index (χ4v) is 1.67. The second kappa shape index (κ2) is 3.45. The Labute approximate surface area is 71.4 Å².